The summed E-state index contributed by atoms with van der Waals surface area (Å²) in [5, 5.41) is 12.2. The Kier molecular flexibility index (Phi) is 4.35. The standard InChI is InChI=1S/C13H20N2O2S/c1-9(2)13-14-10(8-18-13)7-15-5-3-4-11(15)6-12(16)17/h8-9,11H,3-7H2,1-2H3,(H,16,17). The van der Waals surface area contributed by atoms with Crippen molar-refractivity contribution in [3.05, 3.63) is 16.1 Å². The lowest BCUT2D eigenvalue weighted by Gasteiger charge is -2.21. The van der Waals surface area contributed by atoms with Crippen LogP contribution >= 0.6 is 11.3 Å². The first-order valence-corrected chi connectivity index (χ1v) is 7.34. The Labute approximate surface area is 112 Å². The van der Waals surface area contributed by atoms with Gasteiger partial charge in [0.25, 0.3) is 0 Å². The zero-order valence-electron chi connectivity index (χ0n) is 10.9. The van der Waals surface area contributed by atoms with E-state index < -0.39 is 5.97 Å². The molecule has 1 aromatic heterocycles. The van der Waals surface area contributed by atoms with Crippen LogP contribution in [0.5, 0.6) is 0 Å². The maximum atomic E-state index is 10.8. The molecule has 1 aromatic rings. The summed E-state index contributed by atoms with van der Waals surface area (Å²) >= 11 is 1.70. The second-order valence-electron chi connectivity index (χ2n) is 5.20. The van der Waals surface area contributed by atoms with Gasteiger partial charge in [0.2, 0.25) is 0 Å². The highest BCUT2D eigenvalue weighted by atomic mass is 32.1. The fourth-order valence-corrected chi connectivity index (χ4v) is 3.23. The van der Waals surface area contributed by atoms with E-state index in [0.29, 0.717) is 5.92 Å². The van der Waals surface area contributed by atoms with Crippen LogP contribution in [0.1, 0.15) is 49.7 Å². The molecule has 1 atom stereocenters. The summed E-state index contributed by atoms with van der Waals surface area (Å²) in [5.41, 5.74) is 1.08. The molecule has 0 aliphatic carbocycles. The summed E-state index contributed by atoms with van der Waals surface area (Å²) in [4.78, 5) is 17.7. The first-order valence-electron chi connectivity index (χ1n) is 6.46. The summed E-state index contributed by atoms with van der Waals surface area (Å²) in [6.07, 6.45) is 2.34. The van der Waals surface area contributed by atoms with Crippen LogP contribution in [0.15, 0.2) is 5.38 Å². The van der Waals surface area contributed by atoms with E-state index in [4.69, 9.17) is 5.11 Å². The van der Waals surface area contributed by atoms with Crippen molar-refractivity contribution in [3.8, 4) is 0 Å². The van der Waals surface area contributed by atoms with Crippen LogP contribution in [0, 0.1) is 0 Å². The van der Waals surface area contributed by atoms with Gasteiger partial charge >= 0.3 is 5.97 Å². The predicted octanol–water partition coefficient (Wildman–Crippen LogP) is 2.71. The first kappa shape index (κ1) is 13.5. The number of hydrogen-bond acceptors (Lipinski definition) is 4. The van der Waals surface area contributed by atoms with Crippen LogP contribution in [-0.4, -0.2) is 33.5 Å². The SMILES string of the molecule is CC(C)c1nc(CN2CCCC2CC(=O)O)cs1. The molecular formula is C13H20N2O2S. The quantitative estimate of drug-likeness (QED) is 0.892. The van der Waals surface area contributed by atoms with E-state index in [-0.39, 0.29) is 12.5 Å². The molecule has 1 unspecified atom stereocenters. The number of rotatable bonds is 5. The van der Waals surface area contributed by atoms with Gasteiger partial charge in [0.05, 0.1) is 17.1 Å². The number of nitrogens with zero attached hydrogens (tertiary/aromatic N) is 2. The molecule has 1 N–H and O–H groups in total. The van der Waals surface area contributed by atoms with E-state index in [9.17, 15) is 4.79 Å². The van der Waals surface area contributed by atoms with Crippen molar-refractivity contribution in [2.75, 3.05) is 6.54 Å². The Morgan fingerprint density at radius 3 is 3.06 bits per heavy atom. The van der Waals surface area contributed by atoms with Gasteiger partial charge in [0, 0.05) is 23.9 Å². The van der Waals surface area contributed by atoms with Crippen molar-refractivity contribution in [1.29, 1.82) is 0 Å². The highest BCUT2D eigenvalue weighted by Crippen LogP contribution is 2.25. The number of carboxylic acid groups (broad SMARTS) is 1. The lowest BCUT2D eigenvalue weighted by atomic mass is 10.1. The minimum atomic E-state index is -0.701. The van der Waals surface area contributed by atoms with Crippen molar-refractivity contribution < 1.29 is 9.90 Å². The molecule has 2 heterocycles. The second-order valence-corrected chi connectivity index (χ2v) is 6.09. The maximum Gasteiger partial charge on any atom is 0.304 e. The van der Waals surface area contributed by atoms with Gasteiger partial charge in [-0.15, -0.1) is 11.3 Å². The Bertz CT molecular complexity index is 417. The van der Waals surface area contributed by atoms with Crippen molar-refractivity contribution in [2.45, 2.75) is 51.6 Å². The van der Waals surface area contributed by atoms with Crippen LogP contribution in [0.25, 0.3) is 0 Å². The maximum absolute atomic E-state index is 10.8. The van der Waals surface area contributed by atoms with Gasteiger partial charge in [-0.3, -0.25) is 9.69 Å². The number of thiazole rings is 1. The molecule has 2 rings (SSSR count). The highest BCUT2D eigenvalue weighted by molar-refractivity contribution is 7.09. The molecule has 18 heavy (non-hydrogen) atoms. The number of aliphatic carboxylic acids is 1. The van der Waals surface area contributed by atoms with Crippen LogP contribution in [0.3, 0.4) is 0 Å². The third-order valence-electron chi connectivity index (χ3n) is 3.34. The highest BCUT2D eigenvalue weighted by Gasteiger charge is 2.27. The topological polar surface area (TPSA) is 53.4 Å². The average Bonchev–Trinajstić information content (AvgIpc) is 2.89. The monoisotopic (exact) mass is 268 g/mol. The molecule has 1 aliphatic heterocycles. The Morgan fingerprint density at radius 1 is 1.67 bits per heavy atom. The number of carbonyl (C=O) groups is 1. The molecule has 0 radical (unpaired) electrons. The largest absolute Gasteiger partial charge is 0.481 e. The summed E-state index contributed by atoms with van der Waals surface area (Å²) in [6.45, 7) is 6.07. The summed E-state index contributed by atoms with van der Waals surface area (Å²) in [7, 11) is 0. The fraction of sp³-hybridized carbons (Fsp3) is 0.692. The normalized spacial score (nSPS) is 20.7. The molecule has 0 aromatic carbocycles. The third-order valence-corrected chi connectivity index (χ3v) is 4.53. The van der Waals surface area contributed by atoms with Gasteiger partial charge in [0.1, 0.15) is 0 Å². The predicted molar refractivity (Wildman–Crippen MR) is 71.9 cm³/mol. The van der Waals surface area contributed by atoms with Gasteiger partial charge in [-0.1, -0.05) is 13.8 Å². The molecule has 5 heteroatoms. The van der Waals surface area contributed by atoms with E-state index in [1.54, 1.807) is 11.3 Å². The van der Waals surface area contributed by atoms with Crippen LogP contribution in [0.2, 0.25) is 0 Å². The van der Waals surface area contributed by atoms with Gasteiger partial charge < -0.3 is 5.11 Å². The Morgan fingerprint density at radius 2 is 2.44 bits per heavy atom. The lowest BCUT2D eigenvalue weighted by molar-refractivity contribution is -0.138. The number of carboxylic acids is 1. The zero-order valence-corrected chi connectivity index (χ0v) is 11.7. The van der Waals surface area contributed by atoms with Gasteiger partial charge in [-0.05, 0) is 19.4 Å². The molecule has 1 fully saturated rings. The molecule has 1 aliphatic rings. The van der Waals surface area contributed by atoms with E-state index >= 15 is 0 Å². The van der Waals surface area contributed by atoms with E-state index in [1.807, 2.05) is 0 Å². The van der Waals surface area contributed by atoms with E-state index in [1.165, 1.54) is 5.01 Å². The minimum Gasteiger partial charge on any atom is -0.481 e. The van der Waals surface area contributed by atoms with Gasteiger partial charge in [-0.2, -0.15) is 0 Å². The summed E-state index contributed by atoms with van der Waals surface area (Å²) in [6, 6.07) is 0.187. The molecule has 0 amide bonds. The number of hydrogen-bond donors (Lipinski definition) is 1. The zero-order chi connectivity index (χ0) is 13.1. The van der Waals surface area contributed by atoms with Crippen molar-refractivity contribution in [1.82, 2.24) is 9.88 Å². The first-order chi connectivity index (χ1) is 8.56. The van der Waals surface area contributed by atoms with Gasteiger partial charge in [0.15, 0.2) is 0 Å². The Balaban J connectivity index is 1.96. The number of aromatic nitrogens is 1. The summed E-state index contributed by atoms with van der Waals surface area (Å²) < 4.78 is 0. The second kappa shape index (κ2) is 5.80. The van der Waals surface area contributed by atoms with Gasteiger partial charge in [-0.25, -0.2) is 4.98 Å². The average molecular weight is 268 g/mol. The summed E-state index contributed by atoms with van der Waals surface area (Å²) in [5.74, 6) is -0.231. The van der Waals surface area contributed by atoms with Crippen molar-refractivity contribution >= 4 is 17.3 Å². The molecule has 0 bridgehead atoms. The Hall–Kier alpha value is -0.940. The molecule has 4 nitrogen and oxygen atoms in total. The van der Waals surface area contributed by atoms with Crippen molar-refractivity contribution in [3.63, 3.8) is 0 Å². The van der Waals surface area contributed by atoms with E-state index in [2.05, 4.69) is 29.1 Å². The minimum absolute atomic E-state index is 0.187. The smallest absolute Gasteiger partial charge is 0.304 e. The molecule has 0 spiro atoms. The molecule has 0 saturated carbocycles. The molecular weight excluding hydrogens is 248 g/mol. The third kappa shape index (κ3) is 3.29. The van der Waals surface area contributed by atoms with Crippen LogP contribution < -0.4 is 0 Å². The van der Waals surface area contributed by atoms with Crippen LogP contribution in [0.4, 0.5) is 0 Å². The van der Waals surface area contributed by atoms with Crippen molar-refractivity contribution in [2.24, 2.45) is 0 Å². The lowest BCUT2D eigenvalue weighted by Crippen LogP contribution is -2.30. The van der Waals surface area contributed by atoms with E-state index in [0.717, 1.165) is 31.6 Å². The van der Waals surface area contributed by atoms with Crippen LogP contribution in [-0.2, 0) is 11.3 Å². The molecule has 100 valence electrons. The number of likely N-dealkylation sites (tertiary alicyclic amines) is 1. The fourth-order valence-electron chi connectivity index (χ4n) is 2.40. The molecule has 1 saturated heterocycles.